The SMILES string of the molecule is C=CCC(CC=C)C(=O)NC1(CN)CCCC1.Cl. The Balaban J connectivity index is 0.00000289. The van der Waals surface area contributed by atoms with Crippen LogP contribution in [0.5, 0.6) is 0 Å². The Kier molecular flexibility index (Phi) is 7.96. The average molecular weight is 273 g/mol. The zero-order valence-corrected chi connectivity index (χ0v) is 11.8. The maximum absolute atomic E-state index is 12.2. The maximum Gasteiger partial charge on any atom is 0.224 e. The summed E-state index contributed by atoms with van der Waals surface area (Å²) in [7, 11) is 0. The number of hydrogen-bond acceptors (Lipinski definition) is 2. The second kappa shape index (κ2) is 8.33. The lowest BCUT2D eigenvalue weighted by Gasteiger charge is -2.30. The largest absolute Gasteiger partial charge is 0.349 e. The molecule has 4 heteroatoms. The highest BCUT2D eigenvalue weighted by Crippen LogP contribution is 2.29. The van der Waals surface area contributed by atoms with Crippen molar-refractivity contribution in [2.24, 2.45) is 11.7 Å². The molecule has 0 aromatic heterocycles. The maximum atomic E-state index is 12.2. The lowest BCUT2D eigenvalue weighted by atomic mass is 9.94. The van der Waals surface area contributed by atoms with E-state index < -0.39 is 0 Å². The third-order valence-electron chi connectivity index (χ3n) is 3.61. The summed E-state index contributed by atoms with van der Waals surface area (Å²) in [5.74, 6) is 0.0474. The Labute approximate surface area is 116 Å². The van der Waals surface area contributed by atoms with E-state index in [2.05, 4.69) is 18.5 Å². The highest BCUT2D eigenvalue weighted by molar-refractivity contribution is 5.85. The van der Waals surface area contributed by atoms with Crippen LogP contribution in [0.1, 0.15) is 38.5 Å². The first-order valence-electron chi connectivity index (χ1n) is 6.41. The fourth-order valence-corrected chi connectivity index (χ4v) is 2.51. The summed E-state index contributed by atoms with van der Waals surface area (Å²) < 4.78 is 0. The minimum Gasteiger partial charge on any atom is -0.349 e. The van der Waals surface area contributed by atoms with Crippen molar-refractivity contribution in [2.75, 3.05) is 6.54 Å². The number of amides is 1. The van der Waals surface area contributed by atoms with Crippen molar-refractivity contribution in [3.05, 3.63) is 25.3 Å². The van der Waals surface area contributed by atoms with Crippen molar-refractivity contribution >= 4 is 18.3 Å². The molecule has 1 saturated carbocycles. The van der Waals surface area contributed by atoms with E-state index in [4.69, 9.17) is 5.73 Å². The predicted molar refractivity (Wildman–Crippen MR) is 78.8 cm³/mol. The van der Waals surface area contributed by atoms with Crippen LogP contribution < -0.4 is 11.1 Å². The Morgan fingerprint density at radius 2 is 1.78 bits per heavy atom. The molecule has 0 atom stereocenters. The molecule has 18 heavy (non-hydrogen) atoms. The van der Waals surface area contributed by atoms with Crippen LogP contribution in [0, 0.1) is 5.92 Å². The number of rotatable bonds is 7. The van der Waals surface area contributed by atoms with Crippen LogP contribution in [0.4, 0.5) is 0 Å². The van der Waals surface area contributed by atoms with E-state index in [1.54, 1.807) is 12.2 Å². The van der Waals surface area contributed by atoms with Crippen LogP contribution in [-0.2, 0) is 4.79 Å². The summed E-state index contributed by atoms with van der Waals surface area (Å²) in [6.45, 7) is 7.93. The lowest BCUT2D eigenvalue weighted by molar-refractivity contribution is -0.126. The first kappa shape index (κ1) is 17.2. The summed E-state index contributed by atoms with van der Waals surface area (Å²) >= 11 is 0. The van der Waals surface area contributed by atoms with Crippen LogP contribution in [0.2, 0.25) is 0 Å². The van der Waals surface area contributed by atoms with E-state index in [0.717, 1.165) is 25.7 Å². The molecular weight excluding hydrogens is 248 g/mol. The topological polar surface area (TPSA) is 55.1 Å². The molecule has 1 rings (SSSR count). The normalized spacial score (nSPS) is 17.0. The molecule has 1 aliphatic rings. The molecule has 0 spiro atoms. The van der Waals surface area contributed by atoms with Crippen molar-refractivity contribution in [1.29, 1.82) is 0 Å². The highest BCUT2D eigenvalue weighted by Gasteiger charge is 2.35. The third-order valence-corrected chi connectivity index (χ3v) is 3.61. The molecular formula is C14H25ClN2O. The Morgan fingerprint density at radius 3 is 2.17 bits per heavy atom. The van der Waals surface area contributed by atoms with Gasteiger partial charge in [-0.15, -0.1) is 25.6 Å². The molecule has 0 aromatic rings. The zero-order chi connectivity index (χ0) is 12.7. The van der Waals surface area contributed by atoms with Gasteiger partial charge in [0.05, 0.1) is 5.54 Å². The summed E-state index contributed by atoms with van der Waals surface area (Å²) in [5.41, 5.74) is 5.66. The highest BCUT2D eigenvalue weighted by atomic mass is 35.5. The van der Waals surface area contributed by atoms with Crippen LogP contribution >= 0.6 is 12.4 Å². The van der Waals surface area contributed by atoms with Gasteiger partial charge in [-0.05, 0) is 25.7 Å². The number of halogens is 1. The minimum atomic E-state index is -0.155. The van der Waals surface area contributed by atoms with Crippen molar-refractivity contribution in [2.45, 2.75) is 44.1 Å². The van der Waals surface area contributed by atoms with Crippen LogP contribution in [0.25, 0.3) is 0 Å². The predicted octanol–water partition coefficient (Wildman–Crippen LogP) is 2.56. The quantitative estimate of drug-likeness (QED) is 0.700. The number of nitrogens with two attached hydrogens (primary N) is 1. The van der Waals surface area contributed by atoms with Crippen molar-refractivity contribution in [3.63, 3.8) is 0 Å². The molecule has 0 heterocycles. The summed E-state index contributed by atoms with van der Waals surface area (Å²) in [5, 5.41) is 3.15. The van der Waals surface area contributed by atoms with Crippen molar-refractivity contribution < 1.29 is 4.79 Å². The first-order valence-corrected chi connectivity index (χ1v) is 6.41. The van der Waals surface area contributed by atoms with Crippen LogP contribution in [0.15, 0.2) is 25.3 Å². The number of nitrogens with one attached hydrogen (secondary N) is 1. The Bertz CT molecular complexity index is 276. The van der Waals surface area contributed by atoms with Gasteiger partial charge < -0.3 is 11.1 Å². The molecule has 0 aliphatic heterocycles. The number of allylic oxidation sites excluding steroid dienone is 2. The molecule has 1 amide bonds. The number of hydrogen-bond donors (Lipinski definition) is 2. The average Bonchev–Trinajstić information content (AvgIpc) is 2.78. The second-order valence-electron chi connectivity index (χ2n) is 4.93. The lowest BCUT2D eigenvalue weighted by Crippen LogP contribution is -2.53. The third kappa shape index (κ3) is 4.46. The van der Waals surface area contributed by atoms with E-state index in [0.29, 0.717) is 19.4 Å². The van der Waals surface area contributed by atoms with Gasteiger partial charge in [0.1, 0.15) is 0 Å². The van der Waals surface area contributed by atoms with E-state index in [1.165, 1.54) is 0 Å². The van der Waals surface area contributed by atoms with E-state index in [-0.39, 0.29) is 29.8 Å². The summed E-state index contributed by atoms with van der Waals surface area (Å²) in [4.78, 5) is 12.2. The molecule has 0 radical (unpaired) electrons. The van der Waals surface area contributed by atoms with Crippen LogP contribution in [0.3, 0.4) is 0 Å². The molecule has 1 aliphatic carbocycles. The number of carbonyl (C=O) groups excluding carboxylic acids is 1. The standard InChI is InChI=1S/C14H24N2O.ClH/c1-3-7-12(8-4-2)13(17)16-14(11-15)9-5-6-10-14;/h3-4,12H,1-2,5-11,15H2,(H,16,17);1H. The zero-order valence-electron chi connectivity index (χ0n) is 11.0. The smallest absolute Gasteiger partial charge is 0.224 e. The van der Waals surface area contributed by atoms with Gasteiger partial charge in [0.2, 0.25) is 5.91 Å². The fraction of sp³-hybridized carbons (Fsp3) is 0.643. The van der Waals surface area contributed by atoms with Gasteiger partial charge in [0.25, 0.3) is 0 Å². The molecule has 3 N–H and O–H groups in total. The van der Waals surface area contributed by atoms with Gasteiger partial charge >= 0.3 is 0 Å². The van der Waals surface area contributed by atoms with Gasteiger partial charge in [-0.1, -0.05) is 25.0 Å². The van der Waals surface area contributed by atoms with E-state index >= 15 is 0 Å². The molecule has 104 valence electrons. The van der Waals surface area contributed by atoms with Gasteiger partial charge in [-0.2, -0.15) is 0 Å². The monoisotopic (exact) mass is 272 g/mol. The molecule has 3 nitrogen and oxygen atoms in total. The molecule has 1 fully saturated rings. The fourth-order valence-electron chi connectivity index (χ4n) is 2.51. The molecule has 0 aromatic carbocycles. The Morgan fingerprint density at radius 1 is 1.28 bits per heavy atom. The minimum absolute atomic E-state index is 0. The van der Waals surface area contributed by atoms with Gasteiger partial charge in [0, 0.05) is 12.5 Å². The molecule has 0 bridgehead atoms. The Hall–Kier alpha value is -0.800. The molecule has 0 unspecified atom stereocenters. The van der Waals surface area contributed by atoms with E-state index in [9.17, 15) is 4.79 Å². The second-order valence-corrected chi connectivity index (χ2v) is 4.93. The van der Waals surface area contributed by atoms with E-state index in [1.807, 2.05) is 0 Å². The van der Waals surface area contributed by atoms with Crippen molar-refractivity contribution in [1.82, 2.24) is 5.32 Å². The van der Waals surface area contributed by atoms with Gasteiger partial charge in [-0.3, -0.25) is 4.79 Å². The van der Waals surface area contributed by atoms with Gasteiger partial charge in [0.15, 0.2) is 0 Å². The summed E-state index contributed by atoms with van der Waals surface area (Å²) in [6, 6.07) is 0. The summed E-state index contributed by atoms with van der Waals surface area (Å²) in [6.07, 6.45) is 9.29. The van der Waals surface area contributed by atoms with Gasteiger partial charge in [-0.25, -0.2) is 0 Å². The first-order chi connectivity index (χ1) is 8.17. The van der Waals surface area contributed by atoms with Crippen LogP contribution in [-0.4, -0.2) is 18.0 Å². The molecule has 0 saturated heterocycles. The number of carbonyl (C=O) groups is 1. The van der Waals surface area contributed by atoms with Crippen molar-refractivity contribution in [3.8, 4) is 0 Å².